The molecule has 7 heteroatoms. The standard InChI is InChI=1S/C14H16F3NO3/c1-3-8(2)18(7-14(20)21)13(19)5-9-4-11(16)12(17)6-10(9)15/h4,6,8H,3,5,7H2,1-2H3,(H,20,21). The van der Waals surface area contributed by atoms with Crippen LogP contribution in [0.3, 0.4) is 0 Å². The summed E-state index contributed by atoms with van der Waals surface area (Å²) in [6.07, 6.45) is -0.0140. The van der Waals surface area contributed by atoms with Crippen molar-refractivity contribution in [2.24, 2.45) is 0 Å². The van der Waals surface area contributed by atoms with E-state index >= 15 is 0 Å². The fourth-order valence-corrected chi connectivity index (χ4v) is 1.82. The van der Waals surface area contributed by atoms with Crippen molar-refractivity contribution in [3.8, 4) is 0 Å². The maximum Gasteiger partial charge on any atom is 0.323 e. The third kappa shape index (κ3) is 4.47. The lowest BCUT2D eigenvalue weighted by atomic mass is 10.1. The topological polar surface area (TPSA) is 57.6 Å². The Morgan fingerprint density at radius 3 is 2.29 bits per heavy atom. The lowest BCUT2D eigenvalue weighted by Gasteiger charge is -2.27. The van der Waals surface area contributed by atoms with Crippen molar-refractivity contribution in [1.29, 1.82) is 0 Å². The molecule has 0 saturated heterocycles. The maximum absolute atomic E-state index is 13.5. The number of hydrogen-bond donors (Lipinski definition) is 1. The quantitative estimate of drug-likeness (QED) is 0.821. The number of amides is 1. The number of nitrogens with zero attached hydrogens (tertiary/aromatic N) is 1. The van der Waals surface area contributed by atoms with E-state index in [1.54, 1.807) is 13.8 Å². The number of halogens is 3. The van der Waals surface area contributed by atoms with E-state index in [0.717, 1.165) is 4.90 Å². The van der Waals surface area contributed by atoms with Crippen LogP contribution in [-0.4, -0.2) is 34.5 Å². The highest BCUT2D eigenvalue weighted by Crippen LogP contribution is 2.16. The second-order valence-corrected chi connectivity index (χ2v) is 4.71. The zero-order valence-corrected chi connectivity index (χ0v) is 11.7. The summed E-state index contributed by atoms with van der Waals surface area (Å²) < 4.78 is 39.4. The molecule has 0 aliphatic carbocycles. The van der Waals surface area contributed by atoms with Crippen LogP contribution in [0.4, 0.5) is 13.2 Å². The van der Waals surface area contributed by atoms with Crippen LogP contribution in [-0.2, 0) is 16.0 Å². The van der Waals surface area contributed by atoms with E-state index in [2.05, 4.69) is 0 Å². The molecule has 1 N–H and O–H groups in total. The Balaban J connectivity index is 2.96. The van der Waals surface area contributed by atoms with Gasteiger partial charge in [-0.05, 0) is 19.4 Å². The zero-order valence-electron chi connectivity index (χ0n) is 11.7. The second kappa shape index (κ2) is 7.10. The van der Waals surface area contributed by atoms with Crippen molar-refractivity contribution < 1.29 is 27.9 Å². The van der Waals surface area contributed by atoms with Crippen molar-refractivity contribution >= 4 is 11.9 Å². The number of carbonyl (C=O) groups is 2. The number of carboxylic acid groups (broad SMARTS) is 1. The van der Waals surface area contributed by atoms with Gasteiger partial charge in [-0.25, -0.2) is 13.2 Å². The number of hydrogen-bond acceptors (Lipinski definition) is 2. The summed E-state index contributed by atoms with van der Waals surface area (Å²) in [7, 11) is 0. The molecular formula is C14H16F3NO3. The van der Waals surface area contributed by atoms with E-state index in [0.29, 0.717) is 18.6 Å². The molecule has 0 radical (unpaired) electrons. The highest BCUT2D eigenvalue weighted by atomic mass is 19.2. The average molecular weight is 303 g/mol. The van der Waals surface area contributed by atoms with Crippen molar-refractivity contribution in [1.82, 2.24) is 4.90 Å². The summed E-state index contributed by atoms with van der Waals surface area (Å²) in [5.41, 5.74) is -0.308. The van der Waals surface area contributed by atoms with Crippen LogP contribution in [0.25, 0.3) is 0 Å². The van der Waals surface area contributed by atoms with Crippen molar-refractivity contribution in [3.05, 3.63) is 35.1 Å². The lowest BCUT2D eigenvalue weighted by molar-refractivity contribution is -0.145. The highest BCUT2D eigenvalue weighted by molar-refractivity contribution is 5.83. The van der Waals surface area contributed by atoms with Crippen LogP contribution in [0, 0.1) is 17.5 Å². The number of aliphatic carboxylic acids is 1. The van der Waals surface area contributed by atoms with Gasteiger partial charge in [-0.1, -0.05) is 6.92 Å². The largest absolute Gasteiger partial charge is 0.480 e. The summed E-state index contributed by atoms with van der Waals surface area (Å²) in [4.78, 5) is 23.9. The van der Waals surface area contributed by atoms with E-state index in [4.69, 9.17) is 5.11 Å². The minimum atomic E-state index is -1.34. The summed E-state index contributed by atoms with van der Waals surface area (Å²) in [6.45, 7) is 2.90. The molecule has 0 bridgehead atoms. The maximum atomic E-state index is 13.5. The predicted octanol–water partition coefficient (Wildman–Crippen LogP) is 2.36. The molecule has 0 spiro atoms. The Kier molecular flexibility index (Phi) is 5.75. The van der Waals surface area contributed by atoms with Crippen LogP contribution in [0.5, 0.6) is 0 Å². The van der Waals surface area contributed by atoms with Crippen LogP contribution in [0.15, 0.2) is 12.1 Å². The molecule has 4 nitrogen and oxygen atoms in total. The molecule has 0 fully saturated rings. The Morgan fingerprint density at radius 2 is 1.76 bits per heavy atom. The molecule has 21 heavy (non-hydrogen) atoms. The van der Waals surface area contributed by atoms with Gasteiger partial charge in [0.1, 0.15) is 12.4 Å². The lowest BCUT2D eigenvalue weighted by Crippen LogP contribution is -2.42. The molecule has 1 unspecified atom stereocenters. The van der Waals surface area contributed by atoms with E-state index in [9.17, 15) is 22.8 Å². The Hall–Kier alpha value is -2.05. The van der Waals surface area contributed by atoms with Gasteiger partial charge in [0.2, 0.25) is 5.91 Å². The van der Waals surface area contributed by atoms with Crippen LogP contribution in [0.1, 0.15) is 25.8 Å². The summed E-state index contributed by atoms with van der Waals surface area (Å²) in [6, 6.07) is 0.614. The SMILES string of the molecule is CCC(C)N(CC(=O)O)C(=O)Cc1cc(F)c(F)cc1F. The number of carbonyl (C=O) groups excluding carboxylic acids is 1. The molecule has 1 rings (SSSR count). The minimum Gasteiger partial charge on any atom is -0.480 e. The van der Waals surface area contributed by atoms with Gasteiger partial charge >= 0.3 is 5.97 Å². The first-order valence-electron chi connectivity index (χ1n) is 6.40. The van der Waals surface area contributed by atoms with Gasteiger partial charge in [0.05, 0.1) is 6.42 Å². The number of carboxylic acids is 1. The van der Waals surface area contributed by atoms with Crippen LogP contribution < -0.4 is 0 Å². The molecule has 0 saturated carbocycles. The molecule has 1 amide bonds. The van der Waals surface area contributed by atoms with E-state index in [1.165, 1.54) is 0 Å². The van der Waals surface area contributed by atoms with Crippen LogP contribution in [0.2, 0.25) is 0 Å². The summed E-state index contributed by atoms with van der Waals surface area (Å²) >= 11 is 0. The first-order chi connectivity index (χ1) is 9.76. The first-order valence-corrected chi connectivity index (χ1v) is 6.40. The average Bonchev–Trinajstić information content (AvgIpc) is 2.41. The summed E-state index contributed by atoms with van der Waals surface area (Å²) in [5, 5.41) is 8.80. The molecule has 1 aromatic rings. The van der Waals surface area contributed by atoms with Crippen molar-refractivity contribution in [3.63, 3.8) is 0 Å². The fourth-order valence-electron chi connectivity index (χ4n) is 1.82. The van der Waals surface area contributed by atoms with Gasteiger partial charge in [-0.3, -0.25) is 9.59 Å². The van der Waals surface area contributed by atoms with Gasteiger partial charge in [0.15, 0.2) is 11.6 Å². The van der Waals surface area contributed by atoms with Crippen LogP contribution >= 0.6 is 0 Å². The van der Waals surface area contributed by atoms with Gasteiger partial charge in [-0.2, -0.15) is 0 Å². The van der Waals surface area contributed by atoms with Gasteiger partial charge in [0, 0.05) is 17.7 Å². The third-order valence-electron chi connectivity index (χ3n) is 3.18. The predicted molar refractivity (Wildman–Crippen MR) is 69.1 cm³/mol. The molecule has 1 atom stereocenters. The Morgan fingerprint density at radius 1 is 1.19 bits per heavy atom. The van der Waals surface area contributed by atoms with E-state index in [-0.39, 0.29) is 11.6 Å². The molecule has 0 aliphatic heterocycles. The normalized spacial score (nSPS) is 12.0. The van der Waals surface area contributed by atoms with Crippen molar-refractivity contribution in [2.45, 2.75) is 32.7 Å². The smallest absolute Gasteiger partial charge is 0.323 e. The van der Waals surface area contributed by atoms with E-state index < -0.39 is 42.3 Å². The highest BCUT2D eigenvalue weighted by Gasteiger charge is 2.23. The Labute approximate surface area is 120 Å². The molecule has 0 aliphatic rings. The fraction of sp³-hybridized carbons (Fsp3) is 0.429. The molecule has 0 aromatic heterocycles. The molecule has 1 aromatic carbocycles. The Bertz CT molecular complexity index is 549. The van der Waals surface area contributed by atoms with Gasteiger partial charge in [-0.15, -0.1) is 0 Å². The van der Waals surface area contributed by atoms with Crippen molar-refractivity contribution in [2.75, 3.05) is 6.54 Å². The molecular weight excluding hydrogens is 287 g/mol. The summed E-state index contributed by atoms with van der Waals surface area (Å²) in [5.74, 6) is -5.49. The second-order valence-electron chi connectivity index (χ2n) is 4.71. The third-order valence-corrected chi connectivity index (χ3v) is 3.18. The first kappa shape index (κ1) is 17.0. The minimum absolute atomic E-state index is 0.308. The molecule has 0 heterocycles. The number of rotatable bonds is 6. The van der Waals surface area contributed by atoms with E-state index in [1.807, 2.05) is 0 Å². The number of benzene rings is 1. The zero-order chi connectivity index (χ0) is 16.2. The monoisotopic (exact) mass is 303 g/mol. The van der Waals surface area contributed by atoms with Gasteiger partial charge < -0.3 is 10.0 Å². The molecule has 116 valence electrons. The van der Waals surface area contributed by atoms with Gasteiger partial charge in [0.25, 0.3) is 0 Å².